The van der Waals surface area contributed by atoms with Crippen molar-refractivity contribution in [3.63, 3.8) is 0 Å². The van der Waals surface area contributed by atoms with Gasteiger partial charge in [-0.2, -0.15) is 0 Å². The van der Waals surface area contributed by atoms with Crippen LogP contribution in [0, 0.1) is 0 Å². The maximum atomic E-state index is 10.7. The molecule has 0 amide bonds. The van der Waals surface area contributed by atoms with Gasteiger partial charge in [0.05, 0.1) is 11.7 Å². The SMILES string of the molecule is O=C(O)c1cccc(OC[C@@H]2CCCO2)c1. The van der Waals surface area contributed by atoms with E-state index in [1.165, 1.54) is 6.07 Å². The van der Waals surface area contributed by atoms with Crippen molar-refractivity contribution in [3.8, 4) is 5.75 Å². The monoisotopic (exact) mass is 222 g/mol. The Balaban J connectivity index is 1.93. The number of carboxylic acid groups (broad SMARTS) is 1. The van der Waals surface area contributed by atoms with E-state index in [-0.39, 0.29) is 11.7 Å². The van der Waals surface area contributed by atoms with Crippen molar-refractivity contribution in [1.29, 1.82) is 0 Å². The lowest BCUT2D eigenvalue weighted by molar-refractivity contribution is 0.0672. The van der Waals surface area contributed by atoms with E-state index in [1.54, 1.807) is 18.2 Å². The Morgan fingerprint density at radius 1 is 1.56 bits per heavy atom. The van der Waals surface area contributed by atoms with E-state index in [1.807, 2.05) is 0 Å². The van der Waals surface area contributed by atoms with Crippen molar-refractivity contribution in [2.45, 2.75) is 18.9 Å². The average Bonchev–Trinajstić information content (AvgIpc) is 2.79. The summed E-state index contributed by atoms with van der Waals surface area (Å²) in [6.45, 7) is 1.28. The summed E-state index contributed by atoms with van der Waals surface area (Å²) in [5.41, 5.74) is 0.241. The van der Waals surface area contributed by atoms with Crippen LogP contribution < -0.4 is 4.74 Å². The molecule has 1 atom stereocenters. The maximum absolute atomic E-state index is 10.7. The van der Waals surface area contributed by atoms with E-state index >= 15 is 0 Å². The molecule has 1 aromatic carbocycles. The molecule has 1 N–H and O–H groups in total. The third kappa shape index (κ3) is 2.73. The second kappa shape index (κ2) is 4.99. The Morgan fingerprint density at radius 2 is 2.44 bits per heavy atom. The molecule has 4 nitrogen and oxygen atoms in total. The van der Waals surface area contributed by atoms with Gasteiger partial charge in [-0.3, -0.25) is 0 Å². The Morgan fingerprint density at radius 3 is 3.12 bits per heavy atom. The first kappa shape index (κ1) is 11.0. The van der Waals surface area contributed by atoms with Crippen LogP contribution in [-0.4, -0.2) is 30.4 Å². The molecule has 0 aromatic heterocycles. The molecule has 0 saturated carbocycles. The smallest absolute Gasteiger partial charge is 0.335 e. The molecular formula is C12H14O4. The van der Waals surface area contributed by atoms with Gasteiger partial charge < -0.3 is 14.6 Å². The average molecular weight is 222 g/mol. The van der Waals surface area contributed by atoms with Crippen molar-refractivity contribution < 1.29 is 19.4 Å². The molecule has 0 aliphatic carbocycles. The highest BCUT2D eigenvalue weighted by Crippen LogP contribution is 2.17. The van der Waals surface area contributed by atoms with Gasteiger partial charge in [-0.1, -0.05) is 6.07 Å². The lowest BCUT2D eigenvalue weighted by atomic mass is 10.2. The van der Waals surface area contributed by atoms with Crippen LogP contribution in [-0.2, 0) is 4.74 Å². The lowest BCUT2D eigenvalue weighted by Gasteiger charge is -2.11. The van der Waals surface area contributed by atoms with Crippen LogP contribution in [0.1, 0.15) is 23.2 Å². The Hall–Kier alpha value is -1.55. The number of benzene rings is 1. The highest BCUT2D eigenvalue weighted by atomic mass is 16.5. The lowest BCUT2D eigenvalue weighted by Crippen LogP contribution is -2.16. The summed E-state index contributed by atoms with van der Waals surface area (Å²) < 4.78 is 10.9. The molecule has 16 heavy (non-hydrogen) atoms. The van der Waals surface area contributed by atoms with Crippen molar-refractivity contribution in [3.05, 3.63) is 29.8 Å². The fraction of sp³-hybridized carbons (Fsp3) is 0.417. The number of carboxylic acids is 1. The number of aromatic carboxylic acids is 1. The zero-order chi connectivity index (χ0) is 11.4. The second-order valence-electron chi connectivity index (χ2n) is 3.78. The van der Waals surface area contributed by atoms with Gasteiger partial charge in [0.15, 0.2) is 0 Å². The van der Waals surface area contributed by atoms with Crippen LogP contribution >= 0.6 is 0 Å². The third-order valence-electron chi connectivity index (χ3n) is 2.54. The van der Waals surface area contributed by atoms with Gasteiger partial charge in [0.25, 0.3) is 0 Å². The summed E-state index contributed by atoms with van der Waals surface area (Å²) in [7, 11) is 0. The molecule has 0 radical (unpaired) electrons. The Labute approximate surface area is 93.8 Å². The molecule has 1 heterocycles. The molecule has 2 rings (SSSR count). The molecule has 1 saturated heterocycles. The Bertz CT molecular complexity index is 369. The molecule has 0 spiro atoms. The van der Waals surface area contributed by atoms with E-state index < -0.39 is 5.97 Å². The number of ether oxygens (including phenoxy) is 2. The first-order valence-electron chi connectivity index (χ1n) is 5.33. The summed E-state index contributed by atoms with van der Waals surface area (Å²) in [6, 6.07) is 6.49. The van der Waals surface area contributed by atoms with E-state index in [0.29, 0.717) is 12.4 Å². The van der Waals surface area contributed by atoms with Crippen molar-refractivity contribution in [2.24, 2.45) is 0 Å². The fourth-order valence-corrected chi connectivity index (χ4v) is 1.68. The molecule has 1 aliphatic heterocycles. The van der Waals surface area contributed by atoms with Gasteiger partial charge in [-0.15, -0.1) is 0 Å². The van der Waals surface area contributed by atoms with Gasteiger partial charge in [0.1, 0.15) is 12.4 Å². The highest BCUT2D eigenvalue weighted by Gasteiger charge is 2.16. The standard InChI is InChI=1S/C12H14O4/c13-12(14)9-3-1-4-10(7-9)16-8-11-5-2-6-15-11/h1,3-4,7,11H,2,5-6,8H2,(H,13,14)/t11-/m0/s1. The van der Waals surface area contributed by atoms with Crippen molar-refractivity contribution in [1.82, 2.24) is 0 Å². The van der Waals surface area contributed by atoms with E-state index in [2.05, 4.69) is 0 Å². The predicted molar refractivity (Wildman–Crippen MR) is 57.9 cm³/mol. The topological polar surface area (TPSA) is 55.8 Å². The molecule has 86 valence electrons. The zero-order valence-electron chi connectivity index (χ0n) is 8.89. The van der Waals surface area contributed by atoms with Gasteiger partial charge in [0.2, 0.25) is 0 Å². The van der Waals surface area contributed by atoms with E-state index in [0.717, 1.165) is 19.4 Å². The van der Waals surface area contributed by atoms with Crippen LogP contribution in [0.3, 0.4) is 0 Å². The molecule has 4 heteroatoms. The van der Waals surface area contributed by atoms with Gasteiger partial charge in [0, 0.05) is 6.61 Å². The third-order valence-corrected chi connectivity index (χ3v) is 2.54. The van der Waals surface area contributed by atoms with Crippen LogP contribution in [0.5, 0.6) is 5.75 Å². The maximum Gasteiger partial charge on any atom is 0.335 e. The minimum absolute atomic E-state index is 0.147. The summed E-state index contributed by atoms with van der Waals surface area (Å²) in [4.78, 5) is 10.7. The quantitative estimate of drug-likeness (QED) is 0.845. The largest absolute Gasteiger partial charge is 0.491 e. The molecular weight excluding hydrogens is 208 g/mol. The van der Waals surface area contributed by atoms with Gasteiger partial charge >= 0.3 is 5.97 Å². The molecule has 1 aromatic rings. The second-order valence-corrected chi connectivity index (χ2v) is 3.78. The minimum Gasteiger partial charge on any atom is -0.491 e. The summed E-state index contributed by atoms with van der Waals surface area (Å²) in [5, 5.41) is 8.81. The Kier molecular flexibility index (Phi) is 3.41. The predicted octanol–water partition coefficient (Wildman–Crippen LogP) is 1.94. The number of hydrogen-bond acceptors (Lipinski definition) is 3. The number of hydrogen-bond donors (Lipinski definition) is 1. The first-order valence-corrected chi connectivity index (χ1v) is 5.33. The number of rotatable bonds is 4. The summed E-state index contributed by atoms with van der Waals surface area (Å²) in [5.74, 6) is -0.363. The number of carbonyl (C=O) groups is 1. The van der Waals surface area contributed by atoms with Gasteiger partial charge in [-0.05, 0) is 31.0 Å². The van der Waals surface area contributed by atoms with Crippen molar-refractivity contribution >= 4 is 5.97 Å². The molecule has 0 unspecified atom stereocenters. The molecule has 1 fully saturated rings. The van der Waals surface area contributed by atoms with Gasteiger partial charge in [-0.25, -0.2) is 4.79 Å². The summed E-state index contributed by atoms with van der Waals surface area (Å²) in [6.07, 6.45) is 2.23. The zero-order valence-corrected chi connectivity index (χ0v) is 8.89. The van der Waals surface area contributed by atoms with E-state index in [4.69, 9.17) is 14.6 Å². The normalized spacial score (nSPS) is 19.6. The highest BCUT2D eigenvalue weighted by molar-refractivity contribution is 5.87. The van der Waals surface area contributed by atoms with Crippen LogP contribution in [0.15, 0.2) is 24.3 Å². The molecule has 0 bridgehead atoms. The summed E-state index contributed by atoms with van der Waals surface area (Å²) >= 11 is 0. The minimum atomic E-state index is -0.942. The van der Waals surface area contributed by atoms with Crippen LogP contribution in [0.4, 0.5) is 0 Å². The van der Waals surface area contributed by atoms with E-state index in [9.17, 15) is 4.79 Å². The first-order chi connectivity index (χ1) is 7.75. The molecule has 1 aliphatic rings. The van der Waals surface area contributed by atoms with Crippen LogP contribution in [0.25, 0.3) is 0 Å². The van der Waals surface area contributed by atoms with Crippen LogP contribution in [0.2, 0.25) is 0 Å². The van der Waals surface area contributed by atoms with Crippen molar-refractivity contribution in [2.75, 3.05) is 13.2 Å². The fourth-order valence-electron chi connectivity index (χ4n) is 1.68.